The van der Waals surface area contributed by atoms with E-state index in [1.165, 1.54) is 70.8 Å². The second-order valence-corrected chi connectivity index (χ2v) is 7.10. The van der Waals surface area contributed by atoms with Crippen LogP contribution in [0.1, 0.15) is 71.1 Å². The first-order chi connectivity index (χ1) is 9.19. The van der Waals surface area contributed by atoms with E-state index in [9.17, 15) is 0 Å². The smallest absolute Gasteiger partial charge is 0.0356 e. The highest BCUT2D eigenvalue weighted by molar-refractivity contribution is 5.01. The van der Waals surface area contributed by atoms with Crippen molar-refractivity contribution in [2.75, 3.05) is 20.6 Å². The van der Waals surface area contributed by atoms with E-state index >= 15 is 0 Å². The summed E-state index contributed by atoms with van der Waals surface area (Å²) in [7, 11) is 4.62. The van der Waals surface area contributed by atoms with Crippen molar-refractivity contribution >= 4 is 0 Å². The van der Waals surface area contributed by atoms with Crippen LogP contribution in [0.5, 0.6) is 0 Å². The molecule has 19 heavy (non-hydrogen) atoms. The summed E-state index contributed by atoms with van der Waals surface area (Å²) in [5.41, 5.74) is 0.434. The van der Waals surface area contributed by atoms with E-state index in [0.717, 1.165) is 5.92 Å². The molecular formula is C17H34N2. The molecule has 2 fully saturated rings. The maximum atomic E-state index is 3.92. The van der Waals surface area contributed by atoms with Gasteiger partial charge in [-0.15, -0.1) is 0 Å². The summed E-state index contributed by atoms with van der Waals surface area (Å²) in [6.07, 6.45) is 14.2. The van der Waals surface area contributed by atoms with Gasteiger partial charge in [0.2, 0.25) is 0 Å². The van der Waals surface area contributed by atoms with E-state index in [0.29, 0.717) is 11.6 Å². The lowest BCUT2D eigenvalue weighted by Crippen LogP contribution is -2.60. The van der Waals surface area contributed by atoms with Gasteiger partial charge in [-0.3, -0.25) is 0 Å². The summed E-state index contributed by atoms with van der Waals surface area (Å²) in [6, 6.07) is 0.716. The summed E-state index contributed by atoms with van der Waals surface area (Å²) >= 11 is 0. The molecule has 2 heteroatoms. The third kappa shape index (κ3) is 3.52. The highest BCUT2D eigenvalue weighted by Crippen LogP contribution is 2.40. The van der Waals surface area contributed by atoms with Crippen molar-refractivity contribution in [3.05, 3.63) is 0 Å². The van der Waals surface area contributed by atoms with Crippen LogP contribution in [0.15, 0.2) is 0 Å². The van der Waals surface area contributed by atoms with E-state index in [1.807, 2.05) is 0 Å². The Morgan fingerprint density at radius 2 is 1.79 bits per heavy atom. The number of nitrogens with one attached hydrogen (secondary N) is 1. The van der Waals surface area contributed by atoms with Crippen molar-refractivity contribution in [2.45, 2.75) is 82.7 Å². The van der Waals surface area contributed by atoms with Gasteiger partial charge >= 0.3 is 0 Å². The lowest BCUT2D eigenvalue weighted by Gasteiger charge is -2.50. The third-order valence-corrected chi connectivity index (χ3v) is 5.69. The Bertz CT molecular complexity index is 252. The van der Waals surface area contributed by atoms with Gasteiger partial charge < -0.3 is 10.2 Å². The summed E-state index contributed by atoms with van der Waals surface area (Å²) < 4.78 is 0. The van der Waals surface area contributed by atoms with Gasteiger partial charge in [0, 0.05) is 11.6 Å². The van der Waals surface area contributed by atoms with Crippen molar-refractivity contribution in [3.8, 4) is 0 Å². The second-order valence-electron chi connectivity index (χ2n) is 7.10. The number of likely N-dealkylation sites (N-methyl/N-ethyl adjacent to an activating group) is 1. The Kier molecular flexibility index (Phi) is 5.70. The fraction of sp³-hybridized carbons (Fsp3) is 1.00. The number of rotatable bonds is 7. The number of nitrogens with zero attached hydrogens (tertiary/aromatic N) is 1. The summed E-state index contributed by atoms with van der Waals surface area (Å²) in [4.78, 5) is 2.55. The molecule has 1 N–H and O–H groups in total. The molecule has 0 heterocycles. The third-order valence-electron chi connectivity index (χ3n) is 5.69. The average molecular weight is 266 g/mol. The first kappa shape index (κ1) is 15.3. The Morgan fingerprint density at radius 3 is 2.26 bits per heavy atom. The molecule has 0 aromatic heterocycles. The molecule has 2 saturated carbocycles. The monoisotopic (exact) mass is 266 g/mol. The van der Waals surface area contributed by atoms with E-state index in [1.54, 1.807) is 0 Å². The minimum Gasteiger partial charge on any atom is -0.312 e. The maximum absolute atomic E-state index is 3.92. The second kappa shape index (κ2) is 7.08. The molecule has 0 saturated heterocycles. The van der Waals surface area contributed by atoms with E-state index < -0.39 is 0 Å². The van der Waals surface area contributed by atoms with Crippen molar-refractivity contribution in [2.24, 2.45) is 5.92 Å². The number of hydrogen-bond acceptors (Lipinski definition) is 2. The highest BCUT2D eigenvalue weighted by Gasteiger charge is 2.42. The van der Waals surface area contributed by atoms with E-state index in [-0.39, 0.29) is 0 Å². The van der Waals surface area contributed by atoms with Crippen LogP contribution in [-0.4, -0.2) is 37.1 Å². The van der Waals surface area contributed by atoms with E-state index in [4.69, 9.17) is 0 Å². The van der Waals surface area contributed by atoms with Gasteiger partial charge in [0.25, 0.3) is 0 Å². The molecule has 2 aliphatic carbocycles. The molecule has 0 aromatic carbocycles. The quantitative estimate of drug-likeness (QED) is 0.754. The Balaban J connectivity index is 2.06. The molecule has 2 nitrogen and oxygen atoms in total. The molecule has 0 radical (unpaired) electrons. The lowest BCUT2D eigenvalue weighted by molar-refractivity contribution is 0.0404. The Hall–Kier alpha value is -0.0800. The van der Waals surface area contributed by atoms with Crippen molar-refractivity contribution in [3.63, 3.8) is 0 Å². The van der Waals surface area contributed by atoms with Crippen LogP contribution in [0.2, 0.25) is 0 Å². The molecule has 2 rings (SSSR count). The molecule has 0 spiro atoms. The summed E-state index contributed by atoms with van der Waals surface area (Å²) in [5, 5.41) is 3.92. The Labute approximate surface area is 120 Å². The van der Waals surface area contributed by atoms with Gasteiger partial charge in [-0.1, -0.05) is 45.4 Å². The largest absolute Gasteiger partial charge is 0.312 e. The first-order valence-electron chi connectivity index (χ1n) is 8.60. The SMILES string of the molecule is CCCNC(CC1CCC1)C1(N(C)C)CCCCC1. The zero-order valence-corrected chi connectivity index (χ0v) is 13.4. The van der Waals surface area contributed by atoms with Crippen LogP contribution in [-0.2, 0) is 0 Å². The van der Waals surface area contributed by atoms with Crippen LogP contribution in [0.4, 0.5) is 0 Å². The average Bonchev–Trinajstić information content (AvgIpc) is 2.37. The van der Waals surface area contributed by atoms with Crippen LogP contribution < -0.4 is 5.32 Å². The van der Waals surface area contributed by atoms with Gasteiger partial charge in [-0.2, -0.15) is 0 Å². The van der Waals surface area contributed by atoms with Gasteiger partial charge in [-0.25, -0.2) is 0 Å². The first-order valence-corrected chi connectivity index (χ1v) is 8.60. The van der Waals surface area contributed by atoms with Crippen LogP contribution in [0.25, 0.3) is 0 Å². The van der Waals surface area contributed by atoms with Crippen LogP contribution >= 0.6 is 0 Å². The minimum absolute atomic E-state index is 0.434. The predicted octanol–water partition coefficient (Wildman–Crippen LogP) is 3.81. The zero-order chi connectivity index (χ0) is 13.7. The molecule has 0 bridgehead atoms. The minimum atomic E-state index is 0.434. The van der Waals surface area contributed by atoms with Gasteiger partial charge in [0.1, 0.15) is 0 Å². The van der Waals surface area contributed by atoms with Crippen molar-refractivity contribution < 1.29 is 0 Å². The molecule has 1 unspecified atom stereocenters. The van der Waals surface area contributed by atoms with Gasteiger partial charge in [0.15, 0.2) is 0 Å². The normalized spacial score (nSPS) is 25.3. The lowest BCUT2D eigenvalue weighted by atomic mass is 9.70. The van der Waals surface area contributed by atoms with Gasteiger partial charge in [-0.05, 0) is 52.2 Å². The van der Waals surface area contributed by atoms with Gasteiger partial charge in [0.05, 0.1) is 0 Å². The van der Waals surface area contributed by atoms with Crippen molar-refractivity contribution in [1.29, 1.82) is 0 Å². The summed E-state index contributed by atoms with van der Waals surface area (Å²) in [6.45, 7) is 3.48. The fourth-order valence-electron chi connectivity index (χ4n) is 4.14. The van der Waals surface area contributed by atoms with Crippen LogP contribution in [0, 0.1) is 5.92 Å². The predicted molar refractivity (Wildman–Crippen MR) is 83.5 cm³/mol. The molecule has 112 valence electrons. The highest BCUT2D eigenvalue weighted by atomic mass is 15.2. The van der Waals surface area contributed by atoms with Crippen LogP contribution in [0.3, 0.4) is 0 Å². The molecule has 1 atom stereocenters. The Morgan fingerprint density at radius 1 is 1.11 bits per heavy atom. The zero-order valence-electron chi connectivity index (χ0n) is 13.4. The van der Waals surface area contributed by atoms with E-state index in [2.05, 4.69) is 31.2 Å². The molecule has 0 aliphatic heterocycles. The summed E-state index contributed by atoms with van der Waals surface area (Å²) in [5.74, 6) is 1.01. The molecule has 0 aromatic rings. The topological polar surface area (TPSA) is 15.3 Å². The standard InChI is InChI=1S/C17H34N2/c1-4-13-18-16(14-15-9-8-10-15)17(19(2)3)11-6-5-7-12-17/h15-16,18H,4-14H2,1-3H3. The molecule has 0 amide bonds. The number of hydrogen-bond donors (Lipinski definition) is 1. The molecular weight excluding hydrogens is 232 g/mol. The molecule has 2 aliphatic rings. The maximum Gasteiger partial charge on any atom is 0.0356 e. The fourth-order valence-corrected chi connectivity index (χ4v) is 4.14. The van der Waals surface area contributed by atoms with Crippen molar-refractivity contribution in [1.82, 2.24) is 10.2 Å².